The van der Waals surface area contributed by atoms with Crippen molar-refractivity contribution >= 4 is 10.0 Å². The van der Waals surface area contributed by atoms with Gasteiger partial charge >= 0.3 is 0 Å². The van der Waals surface area contributed by atoms with Crippen LogP contribution < -0.4 is 0 Å². The minimum Gasteiger partial charge on any atom is -0.392 e. The normalized spacial score (nSPS) is 22.9. The van der Waals surface area contributed by atoms with Crippen molar-refractivity contribution in [2.75, 3.05) is 13.1 Å². The molecule has 96 valence electrons. The molecule has 1 aliphatic rings. The van der Waals surface area contributed by atoms with E-state index in [4.69, 9.17) is 0 Å². The van der Waals surface area contributed by atoms with Crippen molar-refractivity contribution in [1.82, 2.24) is 14.5 Å². The zero-order valence-corrected chi connectivity index (χ0v) is 10.8. The molecule has 2 rings (SSSR count). The van der Waals surface area contributed by atoms with Gasteiger partial charge in [-0.05, 0) is 26.7 Å². The summed E-state index contributed by atoms with van der Waals surface area (Å²) in [5, 5.41) is 16.1. The van der Waals surface area contributed by atoms with Gasteiger partial charge in [0.05, 0.1) is 17.5 Å². The molecule has 1 aromatic heterocycles. The predicted molar refractivity (Wildman–Crippen MR) is 62.1 cm³/mol. The Morgan fingerprint density at radius 3 is 2.71 bits per heavy atom. The van der Waals surface area contributed by atoms with E-state index in [1.807, 2.05) is 0 Å². The van der Waals surface area contributed by atoms with Gasteiger partial charge in [0, 0.05) is 13.1 Å². The molecule has 1 aromatic rings. The summed E-state index contributed by atoms with van der Waals surface area (Å²) in [5.41, 5.74) is 1.02. The number of aliphatic hydroxyl groups excluding tert-OH is 1. The summed E-state index contributed by atoms with van der Waals surface area (Å²) in [6.45, 7) is 3.99. The highest BCUT2D eigenvalue weighted by Gasteiger charge is 2.32. The van der Waals surface area contributed by atoms with E-state index in [9.17, 15) is 13.5 Å². The number of hydrogen-bond donors (Lipinski definition) is 2. The van der Waals surface area contributed by atoms with E-state index >= 15 is 0 Å². The summed E-state index contributed by atoms with van der Waals surface area (Å²) < 4.78 is 26.1. The van der Waals surface area contributed by atoms with Crippen LogP contribution >= 0.6 is 0 Å². The molecule has 0 saturated carbocycles. The average molecular weight is 259 g/mol. The molecule has 1 atom stereocenters. The second-order valence-electron chi connectivity index (χ2n) is 4.42. The highest BCUT2D eigenvalue weighted by atomic mass is 32.2. The van der Waals surface area contributed by atoms with Crippen molar-refractivity contribution < 1.29 is 13.5 Å². The van der Waals surface area contributed by atoms with Gasteiger partial charge in [0.2, 0.25) is 10.0 Å². The fourth-order valence-electron chi connectivity index (χ4n) is 2.19. The molecule has 1 unspecified atom stereocenters. The maximum Gasteiger partial charge on any atom is 0.246 e. The van der Waals surface area contributed by atoms with E-state index in [1.165, 1.54) is 4.31 Å². The first-order valence-corrected chi connectivity index (χ1v) is 7.06. The third-order valence-electron chi connectivity index (χ3n) is 3.02. The summed E-state index contributed by atoms with van der Waals surface area (Å²) >= 11 is 0. The molecule has 0 radical (unpaired) electrons. The van der Waals surface area contributed by atoms with Crippen molar-refractivity contribution in [3.8, 4) is 0 Å². The fraction of sp³-hybridized carbons (Fsp3) is 0.700. The van der Waals surface area contributed by atoms with Crippen molar-refractivity contribution in [3.63, 3.8) is 0 Å². The number of aliphatic hydroxyl groups is 1. The molecule has 0 aromatic carbocycles. The topological polar surface area (TPSA) is 86.3 Å². The number of nitrogens with zero attached hydrogens (tertiary/aromatic N) is 2. The molecule has 6 nitrogen and oxygen atoms in total. The Morgan fingerprint density at radius 1 is 1.47 bits per heavy atom. The number of aromatic nitrogens is 2. The van der Waals surface area contributed by atoms with E-state index in [-0.39, 0.29) is 11.4 Å². The SMILES string of the molecule is Cc1n[nH]c(C)c1S(=O)(=O)N1CCCC(O)C1. The molecular formula is C10H17N3O3S. The van der Waals surface area contributed by atoms with Crippen LogP contribution in [0.5, 0.6) is 0 Å². The molecule has 0 bridgehead atoms. The van der Waals surface area contributed by atoms with Crippen LogP contribution in [0.25, 0.3) is 0 Å². The molecule has 0 amide bonds. The lowest BCUT2D eigenvalue weighted by atomic mass is 10.1. The van der Waals surface area contributed by atoms with E-state index in [2.05, 4.69) is 10.2 Å². The van der Waals surface area contributed by atoms with Gasteiger partial charge in [0.15, 0.2) is 0 Å². The van der Waals surface area contributed by atoms with E-state index < -0.39 is 16.1 Å². The minimum absolute atomic E-state index is 0.173. The van der Waals surface area contributed by atoms with Crippen LogP contribution in [0.1, 0.15) is 24.2 Å². The molecule has 0 aliphatic carbocycles. The minimum atomic E-state index is -3.53. The lowest BCUT2D eigenvalue weighted by Gasteiger charge is -2.29. The molecule has 17 heavy (non-hydrogen) atoms. The number of piperidine rings is 1. The summed E-state index contributed by atoms with van der Waals surface area (Å²) in [4.78, 5) is 0.242. The zero-order chi connectivity index (χ0) is 12.6. The monoisotopic (exact) mass is 259 g/mol. The van der Waals surface area contributed by atoms with Crippen LogP contribution in [0.15, 0.2) is 4.90 Å². The van der Waals surface area contributed by atoms with Crippen molar-refractivity contribution in [2.24, 2.45) is 0 Å². The predicted octanol–water partition coefficient (Wildman–Crippen LogP) is 0.172. The van der Waals surface area contributed by atoms with Crippen LogP contribution in [-0.4, -0.2) is 47.2 Å². The summed E-state index contributed by atoms with van der Waals surface area (Å²) in [5.74, 6) is 0. The Labute approximate surface area is 101 Å². The Morgan fingerprint density at radius 2 is 2.18 bits per heavy atom. The van der Waals surface area contributed by atoms with Crippen LogP contribution in [0.3, 0.4) is 0 Å². The van der Waals surface area contributed by atoms with E-state index in [0.717, 1.165) is 0 Å². The maximum absolute atomic E-state index is 12.4. The Bertz CT molecular complexity index is 489. The standard InChI is InChI=1S/C10H17N3O3S/c1-7-10(8(2)12-11-7)17(15,16)13-5-3-4-9(14)6-13/h9,14H,3-6H2,1-2H3,(H,11,12). The highest BCUT2D eigenvalue weighted by Crippen LogP contribution is 2.24. The molecule has 2 N–H and O–H groups in total. The van der Waals surface area contributed by atoms with Gasteiger partial charge < -0.3 is 5.11 Å². The number of hydrogen-bond acceptors (Lipinski definition) is 4. The van der Waals surface area contributed by atoms with Gasteiger partial charge in [0.1, 0.15) is 4.90 Å². The second kappa shape index (κ2) is 4.40. The number of aromatic amines is 1. The van der Waals surface area contributed by atoms with Gasteiger partial charge in [0.25, 0.3) is 0 Å². The fourth-order valence-corrected chi connectivity index (χ4v) is 4.04. The number of aryl methyl sites for hydroxylation is 2. The number of H-pyrrole nitrogens is 1. The molecule has 1 aliphatic heterocycles. The quantitative estimate of drug-likeness (QED) is 0.793. The number of nitrogens with one attached hydrogen (secondary N) is 1. The van der Waals surface area contributed by atoms with Crippen LogP contribution in [0, 0.1) is 13.8 Å². The van der Waals surface area contributed by atoms with Crippen LogP contribution in [0.2, 0.25) is 0 Å². The number of sulfonamides is 1. The van der Waals surface area contributed by atoms with Gasteiger partial charge in [-0.1, -0.05) is 0 Å². The Balaban J connectivity index is 2.36. The first kappa shape index (κ1) is 12.5. The molecule has 7 heteroatoms. The third kappa shape index (κ3) is 2.22. The van der Waals surface area contributed by atoms with Gasteiger partial charge in [-0.2, -0.15) is 9.40 Å². The molecular weight excluding hydrogens is 242 g/mol. The van der Waals surface area contributed by atoms with E-state index in [1.54, 1.807) is 13.8 Å². The van der Waals surface area contributed by atoms with E-state index in [0.29, 0.717) is 30.8 Å². The lowest BCUT2D eigenvalue weighted by Crippen LogP contribution is -2.42. The van der Waals surface area contributed by atoms with Crippen LogP contribution in [0.4, 0.5) is 0 Å². The van der Waals surface area contributed by atoms with Crippen molar-refractivity contribution in [1.29, 1.82) is 0 Å². The molecule has 2 heterocycles. The maximum atomic E-state index is 12.4. The zero-order valence-electron chi connectivity index (χ0n) is 9.97. The van der Waals surface area contributed by atoms with Crippen molar-refractivity contribution in [3.05, 3.63) is 11.4 Å². The second-order valence-corrected chi connectivity index (χ2v) is 6.30. The van der Waals surface area contributed by atoms with Gasteiger partial charge in [-0.25, -0.2) is 8.42 Å². The number of β-amino-alcohol motifs (C(OH)–C–C–N with tert-alkyl or cyclic N) is 1. The molecule has 0 spiro atoms. The molecule has 1 fully saturated rings. The first-order chi connectivity index (χ1) is 7.93. The molecule has 1 saturated heterocycles. The third-order valence-corrected chi connectivity index (χ3v) is 5.15. The summed E-state index contributed by atoms with van der Waals surface area (Å²) in [6, 6.07) is 0. The smallest absolute Gasteiger partial charge is 0.246 e. The van der Waals surface area contributed by atoms with Crippen LogP contribution in [-0.2, 0) is 10.0 Å². The van der Waals surface area contributed by atoms with Crippen molar-refractivity contribution in [2.45, 2.75) is 37.7 Å². The van der Waals surface area contributed by atoms with Gasteiger partial charge in [-0.15, -0.1) is 0 Å². The lowest BCUT2D eigenvalue weighted by molar-refractivity contribution is 0.108. The highest BCUT2D eigenvalue weighted by molar-refractivity contribution is 7.89. The Hall–Kier alpha value is -0.920. The first-order valence-electron chi connectivity index (χ1n) is 5.62. The average Bonchev–Trinajstić information content (AvgIpc) is 2.59. The summed E-state index contributed by atoms with van der Waals surface area (Å²) in [7, 11) is -3.53. The Kier molecular flexibility index (Phi) is 3.24. The number of rotatable bonds is 2. The summed E-state index contributed by atoms with van der Waals surface area (Å²) in [6.07, 6.45) is 0.789. The van der Waals surface area contributed by atoms with Gasteiger partial charge in [-0.3, -0.25) is 5.10 Å². The largest absolute Gasteiger partial charge is 0.392 e.